The molecule has 10 heavy (non-hydrogen) atoms. The predicted octanol–water partition coefficient (Wildman–Crippen LogP) is 3.68. The molecule has 0 aromatic carbocycles. The Morgan fingerprint density at radius 1 is 1.40 bits per heavy atom. The van der Waals surface area contributed by atoms with Gasteiger partial charge in [0, 0.05) is 0 Å². The molecule has 0 aromatic heterocycles. The average Bonchev–Trinajstić information content (AvgIpc) is 1.79. The number of hydrogen-bond donors (Lipinski definition) is 0. The lowest BCUT2D eigenvalue weighted by atomic mass is 9.87. The van der Waals surface area contributed by atoms with Crippen molar-refractivity contribution in [3.05, 3.63) is 11.1 Å². The van der Waals surface area contributed by atoms with E-state index in [2.05, 4.69) is 13.8 Å². The molecule has 1 aliphatic carbocycles. The molecule has 0 amide bonds. The molecule has 1 aliphatic rings. The van der Waals surface area contributed by atoms with Crippen LogP contribution in [0.2, 0.25) is 0 Å². The van der Waals surface area contributed by atoms with Crippen LogP contribution in [0.3, 0.4) is 0 Å². The quantitative estimate of drug-likeness (QED) is 0.522. The molecule has 1 rings (SSSR count). The van der Waals surface area contributed by atoms with Gasteiger partial charge in [0.2, 0.25) is 0 Å². The minimum absolute atomic E-state index is 1.34. The second-order valence-corrected chi connectivity index (χ2v) is 3.34. The summed E-state index contributed by atoms with van der Waals surface area (Å²) in [5, 5.41) is 0. The fourth-order valence-corrected chi connectivity index (χ4v) is 1.40. The molecule has 0 nitrogen and oxygen atoms in total. The Balaban J connectivity index is 2.25. The van der Waals surface area contributed by atoms with Crippen molar-refractivity contribution in [2.24, 2.45) is 0 Å². The van der Waals surface area contributed by atoms with Crippen LogP contribution in [-0.2, 0) is 0 Å². The molecule has 0 N–H and O–H groups in total. The van der Waals surface area contributed by atoms with E-state index in [1.54, 1.807) is 11.1 Å². The predicted molar refractivity (Wildman–Crippen MR) is 46.1 cm³/mol. The summed E-state index contributed by atoms with van der Waals surface area (Å²) in [6, 6.07) is 0. The first-order chi connectivity index (χ1) is 4.84. The minimum atomic E-state index is 1.34. The van der Waals surface area contributed by atoms with Crippen LogP contribution in [0.15, 0.2) is 11.1 Å². The van der Waals surface area contributed by atoms with Crippen molar-refractivity contribution in [2.45, 2.75) is 52.4 Å². The summed E-state index contributed by atoms with van der Waals surface area (Å²) in [4.78, 5) is 0. The Bertz CT molecular complexity index is 125. The van der Waals surface area contributed by atoms with E-state index in [-0.39, 0.29) is 0 Å². The molecular weight excluding hydrogens is 120 g/mol. The van der Waals surface area contributed by atoms with Gasteiger partial charge < -0.3 is 0 Å². The minimum Gasteiger partial charge on any atom is -0.0741 e. The van der Waals surface area contributed by atoms with Crippen LogP contribution in [0.1, 0.15) is 52.4 Å². The van der Waals surface area contributed by atoms with Crippen LogP contribution in [0.4, 0.5) is 0 Å². The fraction of sp³-hybridized carbons (Fsp3) is 0.800. The zero-order chi connectivity index (χ0) is 7.40. The summed E-state index contributed by atoms with van der Waals surface area (Å²) >= 11 is 0. The van der Waals surface area contributed by atoms with Gasteiger partial charge in [-0.05, 0) is 39.0 Å². The molecule has 0 aliphatic heterocycles. The Kier molecular flexibility index (Phi) is 2.98. The van der Waals surface area contributed by atoms with E-state index >= 15 is 0 Å². The van der Waals surface area contributed by atoms with Crippen molar-refractivity contribution in [2.75, 3.05) is 0 Å². The van der Waals surface area contributed by atoms with Crippen molar-refractivity contribution < 1.29 is 0 Å². The summed E-state index contributed by atoms with van der Waals surface area (Å²) in [5.41, 5.74) is 3.45. The van der Waals surface area contributed by atoms with Gasteiger partial charge in [-0.1, -0.05) is 24.5 Å². The Labute approximate surface area is 64.3 Å². The van der Waals surface area contributed by atoms with Gasteiger partial charge in [-0.25, -0.2) is 0 Å². The molecule has 0 aromatic rings. The maximum Gasteiger partial charge on any atom is -0.0315 e. The van der Waals surface area contributed by atoms with E-state index in [9.17, 15) is 0 Å². The molecule has 58 valence electrons. The van der Waals surface area contributed by atoms with E-state index in [1.807, 2.05) is 0 Å². The van der Waals surface area contributed by atoms with E-state index in [0.29, 0.717) is 0 Å². The van der Waals surface area contributed by atoms with Crippen LogP contribution in [0, 0.1) is 0 Å². The molecule has 0 spiro atoms. The Morgan fingerprint density at radius 3 is 2.50 bits per heavy atom. The van der Waals surface area contributed by atoms with Crippen molar-refractivity contribution in [3.8, 4) is 0 Å². The average molecular weight is 138 g/mol. The highest BCUT2D eigenvalue weighted by Gasteiger charge is 2.10. The van der Waals surface area contributed by atoms with Crippen LogP contribution >= 0.6 is 0 Å². The highest BCUT2D eigenvalue weighted by atomic mass is 14.2. The molecule has 1 fully saturated rings. The highest BCUT2D eigenvalue weighted by Crippen LogP contribution is 2.30. The normalized spacial score (nSPS) is 16.8. The third-order valence-electron chi connectivity index (χ3n) is 2.47. The summed E-state index contributed by atoms with van der Waals surface area (Å²) in [6.45, 7) is 4.57. The van der Waals surface area contributed by atoms with Crippen molar-refractivity contribution in [1.29, 1.82) is 0 Å². The number of unbranched alkanes of at least 4 members (excludes halogenated alkanes) is 1. The maximum atomic E-state index is 2.31. The molecule has 0 bridgehead atoms. The first-order valence-corrected chi connectivity index (χ1v) is 4.52. The molecule has 0 radical (unpaired) electrons. The van der Waals surface area contributed by atoms with Gasteiger partial charge in [0.25, 0.3) is 0 Å². The topological polar surface area (TPSA) is 0 Å². The highest BCUT2D eigenvalue weighted by molar-refractivity contribution is 5.17. The molecule has 1 saturated carbocycles. The Hall–Kier alpha value is -0.260. The van der Waals surface area contributed by atoms with Gasteiger partial charge in [-0.15, -0.1) is 0 Å². The van der Waals surface area contributed by atoms with Crippen molar-refractivity contribution in [3.63, 3.8) is 0 Å². The number of hydrogen-bond acceptors (Lipinski definition) is 0. The molecule has 0 unspecified atom stereocenters. The van der Waals surface area contributed by atoms with Crippen LogP contribution in [0.5, 0.6) is 0 Å². The molecule has 0 heterocycles. The van der Waals surface area contributed by atoms with Gasteiger partial charge in [-0.3, -0.25) is 0 Å². The standard InChI is InChI=1S/C10H18/c1-3-4-6-9(2)10-7-5-8-10/h3-8H2,1-2H3. The lowest BCUT2D eigenvalue weighted by Crippen LogP contribution is -2.00. The SMILES string of the molecule is CCCCC(C)=C1CCC1. The van der Waals surface area contributed by atoms with Gasteiger partial charge in [-0.2, -0.15) is 0 Å². The van der Waals surface area contributed by atoms with Crippen LogP contribution < -0.4 is 0 Å². The molecule has 0 atom stereocenters. The van der Waals surface area contributed by atoms with Gasteiger partial charge in [0.15, 0.2) is 0 Å². The largest absolute Gasteiger partial charge is 0.0741 e. The third kappa shape index (κ3) is 1.86. The Morgan fingerprint density at radius 2 is 2.10 bits per heavy atom. The molecule has 0 heteroatoms. The maximum absolute atomic E-state index is 2.31. The number of rotatable bonds is 3. The van der Waals surface area contributed by atoms with Crippen molar-refractivity contribution in [1.82, 2.24) is 0 Å². The van der Waals surface area contributed by atoms with Gasteiger partial charge in [0.05, 0.1) is 0 Å². The second kappa shape index (κ2) is 3.80. The summed E-state index contributed by atoms with van der Waals surface area (Å²) < 4.78 is 0. The van der Waals surface area contributed by atoms with Crippen LogP contribution in [0.25, 0.3) is 0 Å². The molecule has 0 saturated heterocycles. The second-order valence-electron chi connectivity index (χ2n) is 3.34. The molecular formula is C10H18. The van der Waals surface area contributed by atoms with Crippen molar-refractivity contribution >= 4 is 0 Å². The van der Waals surface area contributed by atoms with E-state index in [4.69, 9.17) is 0 Å². The zero-order valence-electron chi connectivity index (χ0n) is 7.24. The van der Waals surface area contributed by atoms with Crippen LogP contribution in [-0.4, -0.2) is 0 Å². The lowest BCUT2D eigenvalue weighted by molar-refractivity contribution is 0.635. The number of allylic oxidation sites excluding steroid dienone is 2. The summed E-state index contributed by atoms with van der Waals surface area (Å²) in [6.07, 6.45) is 8.32. The zero-order valence-corrected chi connectivity index (χ0v) is 7.24. The van der Waals surface area contributed by atoms with E-state index in [1.165, 1.54) is 38.5 Å². The smallest absolute Gasteiger partial charge is 0.0315 e. The monoisotopic (exact) mass is 138 g/mol. The summed E-state index contributed by atoms with van der Waals surface area (Å²) in [7, 11) is 0. The van der Waals surface area contributed by atoms with Gasteiger partial charge in [0.1, 0.15) is 0 Å². The first kappa shape index (κ1) is 7.84. The third-order valence-corrected chi connectivity index (χ3v) is 2.47. The van der Waals surface area contributed by atoms with E-state index < -0.39 is 0 Å². The summed E-state index contributed by atoms with van der Waals surface area (Å²) in [5.74, 6) is 0. The fourth-order valence-electron chi connectivity index (χ4n) is 1.40. The van der Waals surface area contributed by atoms with Gasteiger partial charge >= 0.3 is 0 Å². The first-order valence-electron chi connectivity index (χ1n) is 4.52. The lowest BCUT2D eigenvalue weighted by Gasteiger charge is -2.19. The van der Waals surface area contributed by atoms with E-state index in [0.717, 1.165) is 0 Å².